The minimum absolute atomic E-state index is 0.411. The molecule has 64 valence electrons. The SMILES string of the molecule is Cc1cc(C)c(B(Cl)Cl)c(C)c1. The third-order valence-corrected chi connectivity index (χ3v) is 2.39. The van der Waals surface area contributed by atoms with Gasteiger partial charge < -0.3 is 0 Å². The lowest BCUT2D eigenvalue weighted by Gasteiger charge is -2.09. The lowest BCUT2D eigenvalue weighted by Crippen LogP contribution is -2.24. The first-order valence-corrected chi connectivity index (χ1v) is 4.75. The highest BCUT2D eigenvalue weighted by Gasteiger charge is 2.15. The molecule has 0 nitrogen and oxygen atoms in total. The van der Waals surface area contributed by atoms with Gasteiger partial charge in [-0.1, -0.05) is 28.8 Å². The van der Waals surface area contributed by atoms with E-state index < -0.39 is 5.54 Å². The van der Waals surface area contributed by atoms with E-state index in [4.69, 9.17) is 22.9 Å². The smallest absolute Gasteiger partial charge is 0.165 e. The Kier molecular flexibility index (Phi) is 3.08. The molecule has 3 heteroatoms. The molecule has 0 aromatic heterocycles. The fourth-order valence-corrected chi connectivity index (χ4v) is 2.22. The molecule has 0 saturated heterocycles. The predicted molar refractivity (Wildman–Crippen MR) is 57.7 cm³/mol. The summed E-state index contributed by atoms with van der Waals surface area (Å²) in [5.74, 6) is 0. The van der Waals surface area contributed by atoms with Crippen molar-refractivity contribution in [1.82, 2.24) is 0 Å². The first-order valence-electron chi connectivity index (χ1n) is 3.88. The van der Waals surface area contributed by atoms with Crippen LogP contribution in [-0.4, -0.2) is 5.54 Å². The Balaban J connectivity index is 3.28. The van der Waals surface area contributed by atoms with Gasteiger partial charge in [0.15, 0.2) is 0 Å². The molecule has 12 heavy (non-hydrogen) atoms. The van der Waals surface area contributed by atoms with Gasteiger partial charge in [0.05, 0.1) is 0 Å². The van der Waals surface area contributed by atoms with Gasteiger partial charge in [-0.05, 0) is 26.2 Å². The summed E-state index contributed by atoms with van der Waals surface area (Å²) in [7, 11) is 0. The van der Waals surface area contributed by atoms with Gasteiger partial charge in [-0.2, -0.15) is 22.9 Å². The molecule has 0 heterocycles. The number of hydrogen-bond acceptors (Lipinski definition) is 0. The molecule has 0 saturated carbocycles. The largest absolute Gasteiger partial charge is 0.383 e. The minimum atomic E-state index is -0.411. The van der Waals surface area contributed by atoms with Crippen molar-refractivity contribution in [2.24, 2.45) is 0 Å². The molecular formula is C9H11BCl2. The zero-order chi connectivity index (χ0) is 9.30. The second-order valence-electron chi connectivity index (χ2n) is 3.11. The second-order valence-corrected chi connectivity index (χ2v) is 4.21. The molecule has 0 bridgehead atoms. The summed E-state index contributed by atoms with van der Waals surface area (Å²) in [5.41, 5.74) is 4.22. The molecule has 0 unspecified atom stereocenters. The van der Waals surface area contributed by atoms with E-state index in [0.717, 1.165) is 5.46 Å². The molecule has 0 fully saturated rings. The summed E-state index contributed by atoms with van der Waals surface area (Å²) >= 11 is 11.7. The van der Waals surface area contributed by atoms with E-state index in [1.807, 2.05) is 13.8 Å². The summed E-state index contributed by atoms with van der Waals surface area (Å²) in [5, 5.41) is 0. The maximum absolute atomic E-state index is 5.83. The molecule has 0 radical (unpaired) electrons. The Morgan fingerprint density at radius 2 is 1.42 bits per heavy atom. The Morgan fingerprint density at radius 3 is 1.75 bits per heavy atom. The molecule has 0 spiro atoms. The van der Waals surface area contributed by atoms with Crippen molar-refractivity contribution < 1.29 is 0 Å². The van der Waals surface area contributed by atoms with Gasteiger partial charge in [-0.25, -0.2) is 0 Å². The molecule has 0 N–H and O–H groups in total. The van der Waals surface area contributed by atoms with Gasteiger partial charge in [-0.15, -0.1) is 0 Å². The van der Waals surface area contributed by atoms with Gasteiger partial charge >= 0.3 is 5.54 Å². The standard InChI is InChI=1S/C9H11BCl2/c1-6-4-7(2)9(10(11)12)8(3)5-6/h4-5H,1-3H3. The first-order chi connectivity index (χ1) is 5.52. The van der Waals surface area contributed by atoms with Crippen LogP contribution in [0.3, 0.4) is 0 Å². The van der Waals surface area contributed by atoms with Crippen LogP contribution in [0.5, 0.6) is 0 Å². The van der Waals surface area contributed by atoms with E-state index in [-0.39, 0.29) is 0 Å². The van der Waals surface area contributed by atoms with Crippen LogP contribution in [0.4, 0.5) is 0 Å². The maximum Gasteiger partial charge on any atom is 0.383 e. The van der Waals surface area contributed by atoms with E-state index in [1.54, 1.807) is 0 Å². The number of hydrogen-bond donors (Lipinski definition) is 0. The van der Waals surface area contributed by atoms with Crippen molar-refractivity contribution in [3.8, 4) is 0 Å². The first kappa shape index (κ1) is 9.95. The number of halogens is 2. The highest BCUT2D eigenvalue weighted by Crippen LogP contribution is 2.10. The predicted octanol–water partition coefficient (Wildman–Crippen LogP) is 2.78. The second kappa shape index (κ2) is 3.72. The lowest BCUT2D eigenvalue weighted by molar-refractivity contribution is 1.35. The van der Waals surface area contributed by atoms with Crippen molar-refractivity contribution in [3.63, 3.8) is 0 Å². The van der Waals surface area contributed by atoms with Gasteiger partial charge in [-0.3, -0.25) is 0 Å². The van der Waals surface area contributed by atoms with Crippen LogP contribution in [0.15, 0.2) is 12.1 Å². The van der Waals surface area contributed by atoms with Crippen molar-refractivity contribution >= 4 is 33.9 Å². The van der Waals surface area contributed by atoms with Crippen molar-refractivity contribution in [2.45, 2.75) is 20.8 Å². The molecule has 0 aliphatic carbocycles. The van der Waals surface area contributed by atoms with Crippen LogP contribution in [0.25, 0.3) is 0 Å². The number of benzene rings is 1. The molecule has 0 atom stereocenters. The molecule has 0 aliphatic heterocycles. The molecule has 0 amide bonds. The van der Waals surface area contributed by atoms with Crippen LogP contribution in [0.2, 0.25) is 0 Å². The van der Waals surface area contributed by atoms with Crippen molar-refractivity contribution in [1.29, 1.82) is 0 Å². The molecule has 0 aliphatic rings. The molecule has 1 rings (SSSR count). The van der Waals surface area contributed by atoms with Crippen molar-refractivity contribution in [2.75, 3.05) is 0 Å². The van der Waals surface area contributed by atoms with Crippen LogP contribution in [0.1, 0.15) is 16.7 Å². The fraction of sp³-hybridized carbons (Fsp3) is 0.333. The van der Waals surface area contributed by atoms with Crippen LogP contribution in [0, 0.1) is 20.8 Å². The minimum Gasteiger partial charge on any atom is -0.165 e. The lowest BCUT2D eigenvalue weighted by atomic mass is 9.83. The van der Waals surface area contributed by atoms with Gasteiger partial charge in [0, 0.05) is 0 Å². The summed E-state index contributed by atoms with van der Waals surface area (Å²) in [6.07, 6.45) is 0. The van der Waals surface area contributed by atoms with E-state index >= 15 is 0 Å². The van der Waals surface area contributed by atoms with Crippen LogP contribution >= 0.6 is 22.9 Å². The monoisotopic (exact) mass is 200 g/mol. The topological polar surface area (TPSA) is 0 Å². The van der Waals surface area contributed by atoms with E-state index in [0.29, 0.717) is 0 Å². The van der Waals surface area contributed by atoms with E-state index in [9.17, 15) is 0 Å². The summed E-state index contributed by atoms with van der Waals surface area (Å²) in [4.78, 5) is 0. The number of aryl methyl sites for hydroxylation is 3. The van der Waals surface area contributed by atoms with Gasteiger partial charge in [0.1, 0.15) is 0 Å². The molecule has 1 aromatic rings. The zero-order valence-electron chi connectivity index (χ0n) is 7.49. The fourth-order valence-electron chi connectivity index (χ4n) is 1.54. The Bertz CT molecular complexity index is 272. The highest BCUT2D eigenvalue weighted by atomic mass is 35.5. The van der Waals surface area contributed by atoms with Crippen LogP contribution in [-0.2, 0) is 0 Å². The Labute approximate surface area is 83.8 Å². The van der Waals surface area contributed by atoms with Gasteiger partial charge in [0.25, 0.3) is 0 Å². The Morgan fingerprint density at radius 1 is 1.00 bits per heavy atom. The summed E-state index contributed by atoms with van der Waals surface area (Å²) in [6, 6.07) is 4.19. The van der Waals surface area contributed by atoms with Crippen LogP contribution < -0.4 is 5.46 Å². The average molecular weight is 201 g/mol. The third kappa shape index (κ3) is 1.96. The normalized spacial score (nSPS) is 10.1. The molecule has 1 aromatic carbocycles. The summed E-state index contributed by atoms with van der Waals surface area (Å²) < 4.78 is 0. The average Bonchev–Trinajstić information content (AvgIpc) is 1.82. The zero-order valence-corrected chi connectivity index (χ0v) is 9.00. The number of rotatable bonds is 1. The van der Waals surface area contributed by atoms with E-state index in [1.165, 1.54) is 16.7 Å². The van der Waals surface area contributed by atoms with E-state index in [2.05, 4.69) is 19.1 Å². The Hall–Kier alpha value is -0.135. The van der Waals surface area contributed by atoms with Gasteiger partial charge in [0.2, 0.25) is 0 Å². The summed E-state index contributed by atoms with van der Waals surface area (Å²) in [6.45, 7) is 6.14. The molecular weight excluding hydrogens is 190 g/mol. The highest BCUT2D eigenvalue weighted by molar-refractivity contribution is 7.39. The maximum atomic E-state index is 5.83. The quantitative estimate of drug-likeness (QED) is 0.612. The third-order valence-electron chi connectivity index (χ3n) is 1.96. The van der Waals surface area contributed by atoms with Crippen molar-refractivity contribution in [3.05, 3.63) is 28.8 Å².